The standard InChI is InChI=1S/C25H31N3O4/c1-30-21-12-18(13-22(31-2)23(21)32-3)24-27-20-10-5-4-9-19(20)25(29)28(24)15-17-8-6-7-16(11-17)14-26/h4-5,9-10,12-13,16-17H,6-8,11,14-15,26H2,1-3H3. The predicted octanol–water partition coefficient (Wildman–Crippen LogP) is 3.85. The fourth-order valence-electron chi connectivity index (χ4n) is 4.81. The molecule has 2 N–H and O–H groups in total. The van der Waals surface area contributed by atoms with Crippen molar-refractivity contribution in [2.75, 3.05) is 27.9 Å². The van der Waals surface area contributed by atoms with Gasteiger partial charge in [0, 0.05) is 12.1 Å². The first-order valence-electron chi connectivity index (χ1n) is 11.1. The van der Waals surface area contributed by atoms with Crippen LogP contribution in [0.1, 0.15) is 25.7 Å². The lowest BCUT2D eigenvalue weighted by atomic mass is 9.81. The molecule has 32 heavy (non-hydrogen) atoms. The molecular formula is C25H31N3O4. The molecule has 1 fully saturated rings. The summed E-state index contributed by atoms with van der Waals surface area (Å²) in [7, 11) is 4.73. The molecule has 0 radical (unpaired) electrons. The van der Waals surface area contributed by atoms with Crippen molar-refractivity contribution in [3.63, 3.8) is 0 Å². The summed E-state index contributed by atoms with van der Waals surface area (Å²) in [4.78, 5) is 18.5. The maximum atomic E-state index is 13.6. The van der Waals surface area contributed by atoms with Crippen molar-refractivity contribution in [3.8, 4) is 28.6 Å². The second-order valence-electron chi connectivity index (χ2n) is 8.42. The largest absolute Gasteiger partial charge is 0.493 e. The van der Waals surface area contributed by atoms with Crippen molar-refractivity contribution in [1.82, 2.24) is 9.55 Å². The van der Waals surface area contributed by atoms with Gasteiger partial charge in [0.2, 0.25) is 5.75 Å². The number of para-hydroxylation sites is 1. The van der Waals surface area contributed by atoms with Crippen LogP contribution in [0.15, 0.2) is 41.2 Å². The number of nitrogens with zero attached hydrogens (tertiary/aromatic N) is 2. The van der Waals surface area contributed by atoms with E-state index in [1.54, 1.807) is 21.3 Å². The van der Waals surface area contributed by atoms with Crippen molar-refractivity contribution in [3.05, 3.63) is 46.8 Å². The molecule has 170 valence electrons. The molecule has 2 atom stereocenters. The number of hydrogen-bond acceptors (Lipinski definition) is 6. The Kier molecular flexibility index (Phi) is 6.65. The van der Waals surface area contributed by atoms with Gasteiger partial charge in [-0.3, -0.25) is 9.36 Å². The number of ether oxygens (including phenoxy) is 3. The van der Waals surface area contributed by atoms with Crippen molar-refractivity contribution < 1.29 is 14.2 Å². The highest BCUT2D eigenvalue weighted by atomic mass is 16.5. The molecule has 7 nitrogen and oxygen atoms in total. The van der Waals surface area contributed by atoms with Crippen molar-refractivity contribution in [1.29, 1.82) is 0 Å². The van der Waals surface area contributed by atoms with E-state index in [2.05, 4.69) is 0 Å². The Morgan fingerprint density at radius 1 is 1.03 bits per heavy atom. The molecule has 1 heterocycles. The van der Waals surface area contributed by atoms with Gasteiger partial charge in [-0.2, -0.15) is 0 Å². The second kappa shape index (κ2) is 9.61. The third-order valence-electron chi connectivity index (χ3n) is 6.45. The second-order valence-corrected chi connectivity index (χ2v) is 8.42. The summed E-state index contributed by atoms with van der Waals surface area (Å²) >= 11 is 0. The maximum absolute atomic E-state index is 13.6. The molecular weight excluding hydrogens is 406 g/mol. The molecule has 0 bridgehead atoms. The molecule has 0 spiro atoms. The summed E-state index contributed by atoms with van der Waals surface area (Å²) in [5.41, 5.74) is 7.33. The molecule has 0 amide bonds. The van der Waals surface area contributed by atoms with Gasteiger partial charge in [-0.05, 0) is 61.9 Å². The number of methoxy groups -OCH3 is 3. The Hall–Kier alpha value is -3.06. The first-order valence-corrected chi connectivity index (χ1v) is 11.1. The minimum Gasteiger partial charge on any atom is -0.493 e. The normalized spacial score (nSPS) is 18.5. The first kappa shape index (κ1) is 22.1. The van der Waals surface area contributed by atoms with Crippen LogP contribution in [0.25, 0.3) is 22.3 Å². The Morgan fingerprint density at radius 2 is 1.72 bits per heavy atom. The Morgan fingerprint density at radius 3 is 2.38 bits per heavy atom. The molecule has 7 heteroatoms. The summed E-state index contributed by atoms with van der Waals surface area (Å²) in [5, 5.41) is 0.620. The Labute approximate surface area is 188 Å². The van der Waals surface area contributed by atoms with E-state index in [1.807, 2.05) is 41.0 Å². The zero-order valence-electron chi connectivity index (χ0n) is 19.0. The van der Waals surface area contributed by atoms with Crippen molar-refractivity contribution in [2.45, 2.75) is 32.2 Å². The number of rotatable bonds is 7. The molecule has 4 rings (SSSR count). The van der Waals surface area contributed by atoms with E-state index in [1.165, 1.54) is 0 Å². The van der Waals surface area contributed by atoms with E-state index in [0.29, 0.717) is 58.9 Å². The minimum absolute atomic E-state index is 0.0331. The number of aromatic nitrogens is 2. The third-order valence-corrected chi connectivity index (χ3v) is 6.45. The van der Waals surface area contributed by atoms with E-state index < -0.39 is 0 Å². The summed E-state index contributed by atoms with van der Waals surface area (Å²) in [6, 6.07) is 11.2. The molecule has 1 aliphatic carbocycles. The topological polar surface area (TPSA) is 88.6 Å². The van der Waals surface area contributed by atoms with Crippen LogP contribution in [-0.2, 0) is 6.54 Å². The highest BCUT2D eigenvalue weighted by Gasteiger charge is 2.24. The van der Waals surface area contributed by atoms with Crippen LogP contribution in [-0.4, -0.2) is 37.4 Å². The fourth-order valence-corrected chi connectivity index (χ4v) is 4.81. The van der Waals surface area contributed by atoms with Crippen molar-refractivity contribution >= 4 is 10.9 Å². The van der Waals surface area contributed by atoms with Gasteiger partial charge in [0.1, 0.15) is 5.82 Å². The Balaban J connectivity index is 1.89. The average molecular weight is 438 g/mol. The summed E-state index contributed by atoms with van der Waals surface area (Å²) < 4.78 is 18.4. The number of benzene rings is 2. The van der Waals surface area contributed by atoms with E-state index in [9.17, 15) is 4.79 Å². The lowest BCUT2D eigenvalue weighted by Gasteiger charge is -2.29. The molecule has 3 aromatic rings. The zero-order valence-corrected chi connectivity index (χ0v) is 19.0. The highest BCUT2D eigenvalue weighted by molar-refractivity contribution is 5.80. The van der Waals surface area contributed by atoms with Crippen LogP contribution >= 0.6 is 0 Å². The van der Waals surface area contributed by atoms with Crippen LogP contribution < -0.4 is 25.5 Å². The van der Waals surface area contributed by atoms with E-state index in [0.717, 1.165) is 31.2 Å². The van der Waals surface area contributed by atoms with Gasteiger partial charge in [-0.15, -0.1) is 0 Å². The summed E-state index contributed by atoms with van der Waals surface area (Å²) in [6.07, 6.45) is 4.42. The lowest BCUT2D eigenvalue weighted by Crippen LogP contribution is -2.30. The van der Waals surface area contributed by atoms with E-state index in [-0.39, 0.29) is 5.56 Å². The molecule has 0 aliphatic heterocycles. The third kappa shape index (κ3) is 4.17. The monoisotopic (exact) mass is 437 g/mol. The van der Waals surface area contributed by atoms with Crippen LogP contribution in [0.4, 0.5) is 0 Å². The molecule has 2 unspecified atom stereocenters. The number of nitrogens with two attached hydrogens (primary N) is 1. The van der Waals surface area contributed by atoms with Gasteiger partial charge in [0.15, 0.2) is 11.5 Å². The van der Waals surface area contributed by atoms with Crippen LogP contribution in [0.5, 0.6) is 17.2 Å². The van der Waals surface area contributed by atoms with Gasteiger partial charge < -0.3 is 19.9 Å². The van der Waals surface area contributed by atoms with Crippen LogP contribution in [0.3, 0.4) is 0 Å². The zero-order chi connectivity index (χ0) is 22.7. The minimum atomic E-state index is -0.0331. The first-order chi connectivity index (χ1) is 15.6. The smallest absolute Gasteiger partial charge is 0.261 e. The SMILES string of the molecule is COc1cc(-c2nc3ccccc3c(=O)n2CC2CCCC(CN)C2)cc(OC)c1OC. The van der Waals surface area contributed by atoms with Gasteiger partial charge >= 0.3 is 0 Å². The molecule has 1 aliphatic rings. The van der Waals surface area contributed by atoms with Gasteiger partial charge in [0.25, 0.3) is 5.56 Å². The fraction of sp³-hybridized carbons (Fsp3) is 0.440. The van der Waals surface area contributed by atoms with E-state index in [4.69, 9.17) is 24.9 Å². The molecule has 2 aromatic carbocycles. The molecule has 0 saturated heterocycles. The number of fused-ring (bicyclic) bond motifs is 1. The summed E-state index contributed by atoms with van der Waals surface area (Å²) in [5.74, 6) is 3.06. The quantitative estimate of drug-likeness (QED) is 0.604. The van der Waals surface area contributed by atoms with Crippen molar-refractivity contribution in [2.24, 2.45) is 17.6 Å². The van der Waals surface area contributed by atoms with Gasteiger partial charge in [-0.1, -0.05) is 18.6 Å². The molecule has 1 aromatic heterocycles. The maximum Gasteiger partial charge on any atom is 0.261 e. The number of hydrogen-bond donors (Lipinski definition) is 1. The Bertz CT molecular complexity index is 1130. The van der Waals surface area contributed by atoms with Gasteiger partial charge in [0.05, 0.1) is 32.2 Å². The average Bonchev–Trinajstić information content (AvgIpc) is 2.84. The molecule has 1 saturated carbocycles. The predicted molar refractivity (Wildman–Crippen MR) is 126 cm³/mol. The summed E-state index contributed by atoms with van der Waals surface area (Å²) in [6.45, 7) is 1.31. The van der Waals surface area contributed by atoms with Gasteiger partial charge in [-0.25, -0.2) is 4.98 Å². The van der Waals surface area contributed by atoms with Crippen LogP contribution in [0, 0.1) is 11.8 Å². The lowest BCUT2D eigenvalue weighted by molar-refractivity contribution is 0.246. The highest BCUT2D eigenvalue weighted by Crippen LogP contribution is 2.41. The van der Waals surface area contributed by atoms with Crippen LogP contribution in [0.2, 0.25) is 0 Å². The van der Waals surface area contributed by atoms with E-state index >= 15 is 0 Å².